The van der Waals surface area contributed by atoms with Gasteiger partial charge in [-0.2, -0.15) is 0 Å². The first-order chi connectivity index (χ1) is 8.60. The summed E-state index contributed by atoms with van der Waals surface area (Å²) in [4.78, 5) is 12.0. The molecule has 0 bridgehead atoms. The smallest absolute Gasteiger partial charge is 0.339 e. The van der Waals surface area contributed by atoms with Crippen LogP contribution in [0.15, 0.2) is 17.0 Å². The van der Waals surface area contributed by atoms with Crippen LogP contribution in [0.5, 0.6) is 11.5 Å². The Balaban J connectivity index is 3.33. The van der Waals surface area contributed by atoms with Gasteiger partial charge in [-0.25, -0.2) is 4.79 Å². The van der Waals surface area contributed by atoms with Gasteiger partial charge in [-0.3, -0.25) is 0 Å². The molecular formula is C12H16O5S. The molecule has 6 heteroatoms. The first-order valence-electron chi connectivity index (χ1n) is 5.15. The minimum atomic E-state index is -1.34. The summed E-state index contributed by atoms with van der Waals surface area (Å²) < 4.78 is 14.9. The van der Waals surface area contributed by atoms with Crippen molar-refractivity contribution in [3.8, 4) is 11.5 Å². The molecule has 1 atom stereocenters. The molecule has 0 radical (unpaired) electrons. The van der Waals surface area contributed by atoms with Gasteiger partial charge in [0.05, 0.1) is 26.2 Å². The number of aliphatic hydroxyl groups is 1. The maximum Gasteiger partial charge on any atom is 0.339 e. The Bertz CT molecular complexity index is 433. The highest BCUT2D eigenvalue weighted by molar-refractivity contribution is 7.98. The molecule has 0 spiro atoms. The lowest BCUT2D eigenvalue weighted by Gasteiger charge is -2.17. The molecule has 0 aliphatic heterocycles. The molecule has 0 heterocycles. The molecule has 0 aromatic heterocycles. The van der Waals surface area contributed by atoms with E-state index < -0.39 is 12.1 Å². The van der Waals surface area contributed by atoms with Crippen molar-refractivity contribution in [1.29, 1.82) is 0 Å². The van der Waals surface area contributed by atoms with E-state index in [-0.39, 0.29) is 0 Å². The molecule has 18 heavy (non-hydrogen) atoms. The highest BCUT2D eigenvalue weighted by Crippen LogP contribution is 2.41. The summed E-state index contributed by atoms with van der Waals surface area (Å²) in [5.41, 5.74) is 0.437. The lowest BCUT2D eigenvalue weighted by atomic mass is 10.1. The van der Waals surface area contributed by atoms with Crippen LogP contribution >= 0.6 is 11.8 Å². The number of hydrogen-bond donors (Lipinski definition) is 1. The second kappa shape index (κ2) is 6.51. The number of benzene rings is 1. The normalized spacial score (nSPS) is 11.8. The van der Waals surface area contributed by atoms with Crippen LogP contribution < -0.4 is 9.47 Å². The third kappa shape index (κ3) is 2.70. The number of carbonyl (C=O) groups is 1. The summed E-state index contributed by atoms with van der Waals surface area (Å²) >= 11 is 1.36. The standard InChI is InChI=1S/C12H16O5S/c1-15-8-6-5-7(9(13)12(14)17-3)11(18-4)10(8)16-2/h5-6,9,13H,1-4H3. The van der Waals surface area contributed by atoms with Crippen molar-refractivity contribution in [1.82, 2.24) is 0 Å². The van der Waals surface area contributed by atoms with Gasteiger partial charge in [0.25, 0.3) is 0 Å². The predicted molar refractivity (Wildman–Crippen MR) is 68.3 cm³/mol. The SMILES string of the molecule is COC(=O)C(O)c1ccc(OC)c(OC)c1SC. The average molecular weight is 272 g/mol. The van der Waals surface area contributed by atoms with Crippen molar-refractivity contribution in [3.63, 3.8) is 0 Å². The number of esters is 1. The molecule has 1 rings (SSSR count). The number of rotatable bonds is 5. The lowest BCUT2D eigenvalue weighted by molar-refractivity contribution is -0.150. The first-order valence-corrected chi connectivity index (χ1v) is 6.37. The number of ether oxygens (including phenoxy) is 3. The van der Waals surface area contributed by atoms with Crippen LogP contribution in [-0.2, 0) is 9.53 Å². The van der Waals surface area contributed by atoms with Gasteiger partial charge in [0.1, 0.15) is 0 Å². The minimum Gasteiger partial charge on any atom is -0.493 e. The van der Waals surface area contributed by atoms with Crippen LogP contribution in [0.2, 0.25) is 0 Å². The van der Waals surface area contributed by atoms with Crippen LogP contribution in [0.25, 0.3) is 0 Å². The fourth-order valence-corrected chi connectivity index (χ4v) is 2.36. The van der Waals surface area contributed by atoms with Gasteiger partial charge in [-0.1, -0.05) is 6.07 Å². The van der Waals surface area contributed by atoms with E-state index in [1.54, 1.807) is 12.1 Å². The summed E-state index contributed by atoms with van der Waals surface area (Å²) in [6.07, 6.45) is 0.488. The quantitative estimate of drug-likeness (QED) is 0.649. The fourth-order valence-electron chi connectivity index (χ4n) is 1.58. The Morgan fingerprint density at radius 3 is 2.39 bits per heavy atom. The number of thioether (sulfide) groups is 1. The monoisotopic (exact) mass is 272 g/mol. The van der Waals surface area contributed by atoms with Gasteiger partial charge in [-0.15, -0.1) is 11.8 Å². The molecule has 1 unspecified atom stereocenters. The third-order valence-electron chi connectivity index (χ3n) is 2.45. The van der Waals surface area contributed by atoms with Crippen molar-refractivity contribution in [2.75, 3.05) is 27.6 Å². The summed E-state index contributed by atoms with van der Waals surface area (Å²) in [5.74, 6) is 0.325. The van der Waals surface area contributed by atoms with Gasteiger partial charge in [-0.05, 0) is 12.3 Å². The summed E-state index contributed by atoms with van der Waals surface area (Å²) in [5, 5.41) is 9.90. The van der Waals surface area contributed by atoms with Crippen molar-refractivity contribution < 1.29 is 24.1 Å². The number of aliphatic hydroxyl groups excluding tert-OH is 1. The molecule has 1 aromatic carbocycles. The lowest BCUT2D eigenvalue weighted by Crippen LogP contribution is -2.14. The maximum atomic E-state index is 11.4. The van der Waals surface area contributed by atoms with Crippen LogP contribution in [0.4, 0.5) is 0 Å². The fraction of sp³-hybridized carbons (Fsp3) is 0.417. The molecule has 1 N–H and O–H groups in total. The van der Waals surface area contributed by atoms with Gasteiger partial charge >= 0.3 is 5.97 Å². The second-order valence-corrected chi connectivity index (χ2v) is 4.17. The van der Waals surface area contributed by atoms with Crippen LogP contribution in [0.3, 0.4) is 0 Å². The van der Waals surface area contributed by atoms with Crippen molar-refractivity contribution in [2.24, 2.45) is 0 Å². The van der Waals surface area contributed by atoms with E-state index >= 15 is 0 Å². The predicted octanol–water partition coefficient (Wildman–Crippen LogP) is 1.63. The molecule has 1 aromatic rings. The van der Waals surface area contributed by atoms with E-state index in [0.717, 1.165) is 0 Å². The minimum absolute atomic E-state index is 0.437. The van der Waals surface area contributed by atoms with E-state index in [2.05, 4.69) is 4.74 Å². The van der Waals surface area contributed by atoms with Gasteiger partial charge in [0.2, 0.25) is 0 Å². The largest absolute Gasteiger partial charge is 0.493 e. The Morgan fingerprint density at radius 2 is 1.94 bits per heavy atom. The van der Waals surface area contributed by atoms with Crippen LogP contribution in [0, 0.1) is 0 Å². The molecule has 100 valence electrons. The molecule has 0 fully saturated rings. The van der Waals surface area contributed by atoms with Crippen LogP contribution in [0.1, 0.15) is 11.7 Å². The van der Waals surface area contributed by atoms with Crippen molar-refractivity contribution >= 4 is 17.7 Å². The molecule has 5 nitrogen and oxygen atoms in total. The summed E-state index contributed by atoms with van der Waals surface area (Å²) in [6.45, 7) is 0. The Morgan fingerprint density at radius 1 is 1.28 bits per heavy atom. The molecule has 0 saturated heterocycles. The molecule has 0 saturated carbocycles. The van der Waals surface area contributed by atoms with Gasteiger partial charge in [0, 0.05) is 5.56 Å². The summed E-state index contributed by atoms with van der Waals surface area (Å²) in [7, 11) is 4.26. The van der Waals surface area contributed by atoms with E-state index in [0.29, 0.717) is 22.0 Å². The van der Waals surface area contributed by atoms with Gasteiger partial charge in [0.15, 0.2) is 17.6 Å². The second-order valence-electron chi connectivity index (χ2n) is 3.35. The molecule has 0 aliphatic rings. The maximum absolute atomic E-state index is 11.4. The molecule has 0 aliphatic carbocycles. The van der Waals surface area contributed by atoms with Crippen LogP contribution in [-0.4, -0.2) is 38.7 Å². The first kappa shape index (κ1) is 14.7. The Kier molecular flexibility index (Phi) is 5.30. The zero-order valence-corrected chi connectivity index (χ0v) is 11.5. The van der Waals surface area contributed by atoms with Crippen molar-refractivity contribution in [2.45, 2.75) is 11.0 Å². The van der Waals surface area contributed by atoms with Gasteiger partial charge < -0.3 is 19.3 Å². The highest BCUT2D eigenvalue weighted by Gasteiger charge is 2.24. The van der Waals surface area contributed by atoms with E-state index in [4.69, 9.17) is 9.47 Å². The summed E-state index contributed by atoms with van der Waals surface area (Å²) in [6, 6.07) is 3.26. The molecule has 0 amide bonds. The number of hydrogen-bond acceptors (Lipinski definition) is 6. The highest BCUT2D eigenvalue weighted by atomic mass is 32.2. The van der Waals surface area contributed by atoms with Crippen molar-refractivity contribution in [3.05, 3.63) is 17.7 Å². The Hall–Kier alpha value is -1.40. The average Bonchev–Trinajstić information content (AvgIpc) is 2.43. The number of carbonyl (C=O) groups excluding carboxylic acids is 1. The third-order valence-corrected chi connectivity index (χ3v) is 3.28. The topological polar surface area (TPSA) is 65.0 Å². The zero-order valence-electron chi connectivity index (χ0n) is 10.7. The zero-order chi connectivity index (χ0) is 13.7. The Labute approximate surface area is 110 Å². The van der Waals surface area contributed by atoms with E-state index in [1.165, 1.54) is 33.1 Å². The van der Waals surface area contributed by atoms with E-state index in [9.17, 15) is 9.90 Å². The number of methoxy groups -OCH3 is 3. The molecular weight excluding hydrogens is 256 g/mol. The van der Waals surface area contributed by atoms with E-state index in [1.807, 2.05) is 6.26 Å².